The van der Waals surface area contributed by atoms with Gasteiger partial charge in [-0.05, 0) is 20.3 Å². The SMILES string of the molecule is Cc1nn([C@H]2CCS(=O)(=O)C2)c(C)c1/C=N\n1cnnc1-c1ccccc1. The predicted octanol–water partition coefficient (Wildman–Crippen LogP) is 2.00. The molecule has 27 heavy (non-hydrogen) atoms. The molecule has 3 aromatic rings. The highest BCUT2D eigenvalue weighted by Gasteiger charge is 2.31. The van der Waals surface area contributed by atoms with Gasteiger partial charge >= 0.3 is 0 Å². The van der Waals surface area contributed by atoms with Crippen LogP contribution in [0.25, 0.3) is 11.4 Å². The highest BCUT2D eigenvalue weighted by Crippen LogP contribution is 2.26. The number of aryl methyl sites for hydroxylation is 1. The van der Waals surface area contributed by atoms with Crippen molar-refractivity contribution in [1.29, 1.82) is 0 Å². The van der Waals surface area contributed by atoms with E-state index in [1.165, 1.54) is 0 Å². The topological polar surface area (TPSA) is 95.0 Å². The number of hydrogen-bond donors (Lipinski definition) is 0. The Bertz CT molecular complexity index is 1100. The third kappa shape index (κ3) is 3.42. The summed E-state index contributed by atoms with van der Waals surface area (Å²) in [5, 5.41) is 17.1. The molecule has 4 rings (SSSR count). The molecule has 1 aromatic carbocycles. The number of benzene rings is 1. The Balaban J connectivity index is 1.64. The van der Waals surface area contributed by atoms with E-state index in [9.17, 15) is 8.42 Å². The Morgan fingerprint density at radius 1 is 1.22 bits per heavy atom. The van der Waals surface area contributed by atoms with Gasteiger partial charge in [0, 0.05) is 16.8 Å². The summed E-state index contributed by atoms with van der Waals surface area (Å²) in [6, 6.07) is 9.61. The van der Waals surface area contributed by atoms with E-state index < -0.39 is 9.84 Å². The van der Waals surface area contributed by atoms with Crippen LogP contribution in [0, 0.1) is 13.8 Å². The summed E-state index contributed by atoms with van der Waals surface area (Å²) in [5.41, 5.74) is 3.53. The summed E-state index contributed by atoms with van der Waals surface area (Å²) < 4.78 is 27.0. The predicted molar refractivity (Wildman–Crippen MR) is 102 cm³/mol. The number of rotatable bonds is 4. The molecule has 0 unspecified atom stereocenters. The Kier molecular flexibility index (Phi) is 4.39. The van der Waals surface area contributed by atoms with Crippen LogP contribution >= 0.6 is 0 Å². The van der Waals surface area contributed by atoms with Crippen molar-refractivity contribution >= 4 is 16.1 Å². The molecule has 1 aliphatic rings. The Hall–Kier alpha value is -2.81. The first-order chi connectivity index (χ1) is 12.9. The molecule has 0 bridgehead atoms. The average Bonchev–Trinajstić information content (AvgIpc) is 3.32. The summed E-state index contributed by atoms with van der Waals surface area (Å²) >= 11 is 0. The monoisotopic (exact) mass is 384 g/mol. The summed E-state index contributed by atoms with van der Waals surface area (Å²) in [6.45, 7) is 3.84. The van der Waals surface area contributed by atoms with Gasteiger partial charge in [-0.15, -0.1) is 10.2 Å². The Labute approximate surface area is 157 Å². The van der Waals surface area contributed by atoms with Gasteiger partial charge in [-0.3, -0.25) is 4.68 Å². The molecule has 8 nitrogen and oxygen atoms in total. The first-order valence-corrected chi connectivity index (χ1v) is 10.5. The molecule has 140 valence electrons. The maximum atomic E-state index is 11.8. The minimum atomic E-state index is -2.96. The van der Waals surface area contributed by atoms with Crippen molar-refractivity contribution < 1.29 is 8.42 Å². The first kappa shape index (κ1) is 17.6. The van der Waals surface area contributed by atoms with Gasteiger partial charge in [-0.25, -0.2) is 8.42 Å². The molecule has 0 N–H and O–H groups in total. The van der Waals surface area contributed by atoms with Gasteiger partial charge < -0.3 is 0 Å². The van der Waals surface area contributed by atoms with Crippen molar-refractivity contribution in [2.45, 2.75) is 26.3 Å². The smallest absolute Gasteiger partial charge is 0.184 e. The van der Waals surface area contributed by atoms with E-state index in [-0.39, 0.29) is 17.5 Å². The molecule has 0 spiro atoms. The van der Waals surface area contributed by atoms with Crippen LogP contribution in [0.3, 0.4) is 0 Å². The third-order valence-electron chi connectivity index (χ3n) is 4.81. The zero-order chi connectivity index (χ0) is 19.0. The van der Waals surface area contributed by atoms with E-state index >= 15 is 0 Å². The highest BCUT2D eigenvalue weighted by molar-refractivity contribution is 7.91. The van der Waals surface area contributed by atoms with Crippen LogP contribution in [-0.4, -0.2) is 50.8 Å². The lowest BCUT2D eigenvalue weighted by atomic mass is 10.2. The fraction of sp³-hybridized carbons (Fsp3) is 0.333. The molecule has 1 aliphatic heterocycles. The van der Waals surface area contributed by atoms with Gasteiger partial charge in [0.1, 0.15) is 6.33 Å². The molecule has 1 fully saturated rings. The summed E-state index contributed by atoms with van der Waals surface area (Å²) in [4.78, 5) is 0. The minimum absolute atomic E-state index is 0.106. The van der Waals surface area contributed by atoms with Gasteiger partial charge in [0.15, 0.2) is 15.7 Å². The molecule has 0 saturated carbocycles. The maximum absolute atomic E-state index is 11.8. The number of nitrogens with zero attached hydrogens (tertiary/aromatic N) is 6. The minimum Gasteiger partial charge on any atom is -0.265 e. The molecule has 9 heteroatoms. The summed E-state index contributed by atoms with van der Waals surface area (Å²) in [5.74, 6) is 1.02. The highest BCUT2D eigenvalue weighted by atomic mass is 32.2. The van der Waals surface area contributed by atoms with E-state index in [4.69, 9.17) is 0 Å². The zero-order valence-corrected chi connectivity index (χ0v) is 16.0. The molecule has 3 heterocycles. The van der Waals surface area contributed by atoms with Crippen LogP contribution in [0.15, 0.2) is 41.8 Å². The zero-order valence-electron chi connectivity index (χ0n) is 15.1. The van der Waals surface area contributed by atoms with E-state index in [0.717, 1.165) is 22.5 Å². The normalized spacial score (nSPS) is 19.1. The van der Waals surface area contributed by atoms with Crippen LogP contribution in [0.4, 0.5) is 0 Å². The molecule has 0 radical (unpaired) electrons. The lowest BCUT2D eigenvalue weighted by molar-refractivity contribution is 0.486. The third-order valence-corrected chi connectivity index (χ3v) is 6.56. The van der Waals surface area contributed by atoms with Crippen LogP contribution in [0.1, 0.15) is 29.4 Å². The largest absolute Gasteiger partial charge is 0.265 e. The standard InChI is InChI=1S/C18H20N6O2S/c1-13-17(14(2)24(22-13)16-8-9-27(25,26)11-16)10-20-23-12-19-21-18(23)15-6-4-3-5-7-15/h3-7,10,12,16H,8-9,11H2,1-2H3/b20-10-/t16-/m0/s1. The average molecular weight is 384 g/mol. The molecule has 0 aliphatic carbocycles. The van der Waals surface area contributed by atoms with E-state index in [1.807, 2.05) is 48.9 Å². The lowest BCUT2D eigenvalue weighted by Gasteiger charge is -2.10. The van der Waals surface area contributed by atoms with Crippen LogP contribution in [-0.2, 0) is 9.84 Å². The van der Waals surface area contributed by atoms with Crippen LogP contribution in [0.5, 0.6) is 0 Å². The number of sulfone groups is 1. The fourth-order valence-electron chi connectivity index (χ4n) is 3.40. The van der Waals surface area contributed by atoms with Crippen LogP contribution < -0.4 is 0 Å². The summed E-state index contributed by atoms with van der Waals surface area (Å²) in [6.07, 6.45) is 3.88. The molecule has 1 saturated heterocycles. The lowest BCUT2D eigenvalue weighted by Crippen LogP contribution is -2.14. The number of aromatic nitrogens is 5. The molecular formula is C18H20N6O2S. The second-order valence-electron chi connectivity index (χ2n) is 6.70. The van der Waals surface area contributed by atoms with Crippen LogP contribution in [0.2, 0.25) is 0 Å². The second kappa shape index (κ2) is 6.73. The van der Waals surface area contributed by atoms with Crippen molar-refractivity contribution in [3.63, 3.8) is 0 Å². The molecular weight excluding hydrogens is 364 g/mol. The molecule has 0 amide bonds. The van der Waals surface area contributed by atoms with Crippen molar-refractivity contribution in [3.05, 3.63) is 53.6 Å². The quantitative estimate of drug-likeness (QED) is 0.641. The van der Waals surface area contributed by atoms with E-state index in [0.29, 0.717) is 12.2 Å². The van der Waals surface area contributed by atoms with Gasteiger partial charge in [-0.2, -0.15) is 14.9 Å². The first-order valence-electron chi connectivity index (χ1n) is 8.70. The van der Waals surface area contributed by atoms with E-state index in [2.05, 4.69) is 20.4 Å². The van der Waals surface area contributed by atoms with Gasteiger partial charge in [0.05, 0.1) is 29.5 Å². The van der Waals surface area contributed by atoms with Crippen molar-refractivity contribution in [1.82, 2.24) is 24.7 Å². The van der Waals surface area contributed by atoms with E-state index in [1.54, 1.807) is 17.2 Å². The Morgan fingerprint density at radius 3 is 2.70 bits per heavy atom. The van der Waals surface area contributed by atoms with Crippen molar-refractivity contribution in [3.8, 4) is 11.4 Å². The van der Waals surface area contributed by atoms with Gasteiger partial charge in [-0.1, -0.05) is 30.3 Å². The maximum Gasteiger partial charge on any atom is 0.184 e. The molecule has 2 aromatic heterocycles. The molecule has 1 atom stereocenters. The Morgan fingerprint density at radius 2 is 2.00 bits per heavy atom. The fourth-order valence-corrected chi connectivity index (χ4v) is 5.09. The van der Waals surface area contributed by atoms with Crippen molar-refractivity contribution in [2.75, 3.05) is 11.5 Å². The van der Waals surface area contributed by atoms with Crippen molar-refractivity contribution in [2.24, 2.45) is 5.10 Å². The summed E-state index contributed by atoms with van der Waals surface area (Å²) in [7, 11) is -2.96. The number of hydrogen-bond acceptors (Lipinski definition) is 6. The second-order valence-corrected chi connectivity index (χ2v) is 8.92. The van der Waals surface area contributed by atoms with Gasteiger partial charge in [0.2, 0.25) is 0 Å². The van der Waals surface area contributed by atoms with Gasteiger partial charge in [0.25, 0.3) is 0 Å².